The molecule has 0 saturated carbocycles. The fraction of sp³-hybridized carbons (Fsp3) is 1.00. The van der Waals surface area contributed by atoms with E-state index in [0.29, 0.717) is 11.8 Å². The molecule has 1 aliphatic heterocycles. The van der Waals surface area contributed by atoms with Gasteiger partial charge in [0.1, 0.15) is 0 Å². The molecule has 0 bridgehead atoms. The minimum absolute atomic E-state index is 0.273. The number of aliphatic hydroxyl groups excluding tert-OH is 1. The van der Waals surface area contributed by atoms with Gasteiger partial charge in [-0.25, -0.2) is 0 Å². The van der Waals surface area contributed by atoms with Gasteiger partial charge in [0.05, 0.1) is 6.10 Å². The fourth-order valence-corrected chi connectivity index (χ4v) is 2.56. The zero-order valence-corrected chi connectivity index (χ0v) is 6.94. The average molecular weight is 161 g/mol. The molecule has 3 N–H and O–H groups in total. The molecule has 0 aliphatic carbocycles. The molecule has 0 aromatic carbocycles. The summed E-state index contributed by atoms with van der Waals surface area (Å²) in [5.74, 6) is 1.20. The molecule has 2 nitrogen and oxygen atoms in total. The maximum absolute atomic E-state index is 9.34. The van der Waals surface area contributed by atoms with Crippen molar-refractivity contribution >= 4 is 11.8 Å². The second kappa shape index (κ2) is 4.21. The number of hydrogen-bond acceptors (Lipinski definition) is 3. The standard InChI is InChI=1S/C7H15NOS/c8-5-6(9)7-3-1-2-4-10-7/h6-7,9H,1-5,8H2/t6-,7?/m0/s1. The summed E-state index contributed by atoms with van der Waals surface area (Å²) in [5, 5.41) is 9.75. The average Bonchev–Trinajstić information content (AvgIpc) is 2.05. The molecular formula is C7H15NOS. The van der Waals surface area contributed by atoms with E-state index < -0.39 is 0 Å². The Balaban J connectivity index is 2.24. The van der Waals surface area contributed by atoms with Gasteiger partial charge in [-0.15, -0.1) is 0 Å². The predicted molar refractivity (Wildman–Crippen MR) is 45.2 cm³/mol. The highest BCUT2D eigenvalue weighted by Crippen LogP contribution is 2.26. The Morgan fingerprint density at radius 2 is 2.40 bits per heavy atom. The quantitative estimate of drug-likeness (QED) is 0.623. The first-order valence-electron chi connectivity index (χ1n) is 3.84. The second-order valence-corrected chi connectivity index (χ2v) is 4.06. The van der Waals surface area contributed by atoms with Crippen molar-refractivity contribution in [3.05, 3.63) is 0 Å². The topological polar surface area (TPSA) is 46.2 Å². The first-order chi connectivity index (χ1) is 4.84. The lowest BCUT2D eigenvalue weighted by Crippen LogP contribution is -2.32. The molecule has 1 saturated heterocycles. The van der Waals surface area contributed by atoms with Gasteiger partial charge in [0.25, 0.3) is 0 Å². The summed E-state index contributed by atoms with van der Waals surface area (Å²) in [6.07, 6.45) is 3.43. The van der Waals surface area contributed by atoms with Gasteiger partial charge in [-0.1, -0.05) is 6.42 Å². The molecule has 1 heterocycles. The van der Waals surface area contributed by atoms with Crippen molar-refractivity contribution in [3.8, 4) is 0 Å². The number of hydrogen-bond donors (Lipinski definition) is 2. The van der Waals surface area contributed by atoms with Crippen LogP contribution in [0.5, 0.6) is 0 Å². The molecule has 1 aliphatic rings. The van der Waals surface area contributed by atoms with Crippen molar-refractivity contribution in [3.63, 3.8) is 0 Å². The van der Waals surface area contributed by atoms with E-state index in [0.717, 1.165) is 6.42 Å². The summed E-state index contributed by atoms with van der Waals surface area (Å²) in [5.41, 5.74) is 5.34. The van der Waals surface area contributed by atoms with E-state index in [4.69, 9.17) is 5.73 Å². The van der Waals surface area contributed by atoms with Crippen molar-refractivity contribution in [2.24, 2.45) is 5.73 Å². The largest absolute Gasteiger partial charge is 0.391 e. The summed E-state index contributed by atoms with van der Waals surface area (Å²) in [6.45, 7) is 0.414. The number of nitrogens with two attached hydrogens (primary N) is 1. The van der Waals surface area contributed by atoms with Crippen LogP contribution in [0, 0.1) is 0 Å². The van der Waals surface area contributed by atoms with Crippen molar-refractivity contribution in [2.75, 3.05) is 12.3 Å². The molecule has 0 spiro atoms. The van der Waals surface area contributed by atoms with Crippen molar-refractivity contribution in [1.82, 2.24) is 0 Å². The summed E-state index contributed by atoms with van der Waals surface area (Å²) < 4.78 is 0. The molecule has 0 aromatic rings. The van der Waals surface area contributed by atoms with Crippen LogP contribution in [0.15, 0.2) is 0 Å². The monoisotopic (exact) mass is 161 g/mol. The van der Waals surface area contributed by atoms with Gasteiger partial charge in [0.15, 0.2) is 0 Å². The van der Waals surface area contributed by atoms with Gasteiger partial charge in [0.2, 0.25) is 0 Å². The van der Waals surface area contributed by atoms with E-state index >= 15 is 0 Å². The number of thioether (sulfide) groups is 1. The Hall–Kier alpha value is 0.270. The molecular weight excluding hydrogens is 146 g/mol. The SMILES string of the molecule is NC[C@H](O)C1CCCCS1. The Morgan fingerprint density at radius 3 is 2.90 bits per heavy atom. The van der Waals surface area contributed by atoms with Crippen LogP contribution in [-0.2, 0) is 0 Å². The van der Waals surface area contributed by atoms with E-state index in [1.165, 1.54) is 18.6 Å². The first kappa shape index (κ1) is 8.37. The molecule has 60 valence electrons. The normalized spacial score (nSPS) is 30.0. The summed E-state index contributed by atoms with van der Waals surface area (Å²) >= 11 is 1.87. The van der Waals surface area contributed by atoms with Crippen LogP contribution in [0.4, 0.5) is 0 Å². The lowest BCUT2D eigenvalue weighted by atomic mass is 10.1. The minimum Gasteiger partial charge on any atom is -0.391 e. The van der Waals surface area contributed by atoms with E-state index in [9.17, 15) is 5.11 Å². The summed E-state index contributed by atoms with van der Waals surface area (Å²) in [6, 6.07) is 0. The van der Waals surface area contributed by atoms with Gasteiger partial charge in [-0.3, -0.25) is 0 Å². The highest BCUT2D eigenvalue weighted by Gasteiger charge is 2.20. The lowest BCUT2D eigenvalue weighted by molar-refractivity contribution is 0.174. The number of rotatable bonds is 2. The van der Waals surface area contributed by atoms with Gasteiger partial charge in [0, 0.05) is 11.8 Å². The molecule has 1 rings (SSSR count). The van der Waals surface area contributed by atoms with Crippen molar-refractivity contribution < 1.29 is 5.11 Å². The van der Waals surface area contributed by atoms with Gasteiger partial charge in [-0.05, 0) is 18.6 Å². The van der Waals surface area contributed by atoms with Crippen LogP contribution >= 0.6 is 11.8 Å². The Bertz CT molecular complexity index is 93.6. The molecule has 1 unspecified atom stereocenters. The smallest absolute Gasteiger partial charge is 0.0780 e. The van der Waals surface area contributed by atoms with Gasteiger partial charge in [-0.2, -0.15) is 11.8 Å². The number of aliphatic hydroxyl groups is 1. The molecule has 0 amide bonds. The maximum Gasteiger partial charge on any atom is 0.0780 e. The van der Waals surface area contributed by atoms with Gasteiger partial charge >= 0.3 is 0 Å². The highest BCUT2D eigenvalue weighted by molar-refractivity contribution is 8.00. The fourth-order valence-electron chi connectivity index (χ4n) is 1.22. The van der Waals surface area contributed by atoms with E-state index in [1.54, 1.807) is 0 Å². The summed E-state index contributed by atoms with van der Waals surface area (Å²) in [7, 11) is 0. The van der Waals surface area contributed by atoms with Crippen LogP contribution in [0.2, 0.25) is 0 Å². The van der Waals surface area contributed by atoms with E-state index in [-0.39, 0.29) is 6.10 Å². The maximum atomic E-state index is 9.34. The lowest BCUT2D eigenvalue weighted by Gasteiger charge is -2.24. The van der Waals surface area contributed by atoms with Crippen LogP contribution < -0.4 is 5.73 Å². The third kappa shape index (κ3) is 2.15. The predicted octanol–water partition coefficient (Wildman–Crippen LogP) is 0.592. The van der Waals surface area contributed by atoms with Crippen molar-refractivity contribution in [2.45, 2.75) is 30.6 Å². The Kier molecular flexibility index (Phi) is 3.52. The molecule has 0 aromatic heterocycles. The highest BCUT2D eigenvalue weighted by atomic mass is 32.2. The molecule has 10 heavy (non-hydrogen) atoms. The Morgan fingerprint density at radius 1 is 1.60 bits per heavy atom. The third-order valence-electron chi connectivity index (χ3n) is 1.89. The van der Waals surface area contributed by atoms with Crippen LogP contribution in [0.3, 0.4) is 0 Å². The summed E-state index contributed by atoms with van der Waals surface area (Å²) in [4.78, 5) is 0. The van der Waals surface area contributed by atoms with E-state index in [2.05, 4.69) is 0 Å². The molecule has 2 atom stereocenters. The van der Waals surface area contributed by atoms with Crippen LogP contribution in [0.25, 0.3) is 0 Å². The Labute approximate surface area is 66.2 Å². The second-order valence-electron chi connectivity index (χ2n) is 2.71. The molecule has 0 radical (unpaired) electrons. The third-order valence-corrected chi connectivity index (χ3v) is 3.39. The van der Waals surface area contributed by atoms with Gasteiger partial charge < -0.3 is 10.8 Å². The van der Waals surface area contributed by atoms with Crippen molar-refractivity contribution in [1.29, 1.82) is 0 Å². The zero-order chi connectivity index (χ0) is 7.40. The molecule has 3 heteroatoms. The minimum atomic E-state index is -0.273. The zero-order valence-electron chi connectivity index (χ0n) is 6.12. The molecule has 1 fully saturated rings. The van der Waals surface area contributed by atoms with Crippen LogP contribution in [-0.4, -0.2) is 28.8 Å². The van der Waals surface area contributed by atoms with Crippen LogP contribution in [0.1, 0.15) is 19.3 Å². The van der Waals surface area contributed by atoms with E-state index in [1.807, 2.05) is 11.8 Å². The first-order valence-corrected chi connectivity index (χ1v) is 4.89.